The van der Waals surface area contributed by atoms with E-state index in [4.69, 9.17) is 4.74 Å². The van der Waals surface area contributed by atoms with Gasteiger partial charge in [-0.05, 0) is 38.5 Å². The minimum atomic E-state index is -0.498. The van der Waals surface area contributed by atoms with Gasteiger partial charge in [-0.15, -0.1) is 0 Å². The Morgan fingerprint density at radius 3 is 2.71 bits per heavy atom. The van der Waals surface area contributed by atoms with Crippen LogP contribution in [0.25, 0.3) is 0 Å². The fraction of sp³-hybridized carbons (Fsp3) is 0.278. The molecule has 0 spiro atoms. The first-order valence-electron chi connectivity index (χ1n) is 7.67. The molecule has 6 heteroatoms. The van der Waals surface area contributed by atoms with Gasteiger partial charge in [-0.2, -0.15) is 5.26 Å². The third-order valence-corrected chi connectivity index (χ3v) is 3.66. The van der Waals surface area contributed by atoms with Gasteiger partial charge in [-0.1, -0.05) is 12.1 Å². The second-order valence-corrected chi connectivity index (χ2v) is 5.06. The van der Waals surface area contributed by atoms with E-state index in [9.17, 15) is 15.2 Å². The number of rotatable bonds is 5. The molecule has 0 atom stereocenters. The molecule has 1 heterocycles. The molecule has 2 rings (SSSR count). The van der Waals surface area contributed by atoms with Crippen molar-refractivity contribution >= 4 is 11.9 Å². The second-order valence-electron chi connectivity index (χ2n) is 5.06. The van der Waals surface area contributed by atoms with Crippen LogP contribution in [-0.4, -0.2) is 22.5 Å². The molecule has 6 nitrogen and oxygen atoms in total. The molecule has 24 heavy (non-hydrogen) atoms. The number of nitrogens with zero attached hydrogens (tertiary/aromatic N) is 3. The summed E-state index contributed by atoms with van der Waals surface area (Å²) in [5, 5.41) is 19.6. The number of aliphatic imine (C=N–C) groups is 1. The van der Waals surface area contributed by atoms with Gasteiger partial charge in [-0.3, -0.25) is 14.4 Å². The Bertz CT molecular complexity index is 876. The number of aromatic nitrogens is 1. The monoisotopic (exact) mass is 325 g/mol. The number of benzene rings is 1. The molecule has 0 unspecified atom stereocenters. The number of aromatic hydroxyl groups is 1. The van der Waals surface area contributed by atoms with E-state index in [1.165, 1.54) is 6.21 Å². The SMILES string of the molecule is CCOc1ccccc1N=Cc1c(C)c(C#N)c(=O)n(CC)c1O. The number of hydrogen-bond acceptors (Lipinski definition) is 5. The van der Waals surface area contributed by atoms with Crippen LogP contribution < -0.4 is 10.3 Å². The predicted octanol–water partition coefficient (Wildman–Crippen LogP) is 2.90. The number of nitriles is 1. The molecule has 0 amide bonds. The Hall–Kier alpha value is -3.07. The van der Waals surface area contributed by atoms with Crippen LogP contribution in [0.4, 0.5) is 5.69 Å². The zero-order valence-electron chi connectivity index (χ0n) is 13.9. The van der Waals surface area contributed by atoms with Crippen LogP contribution in [0.15, 0.2) is 34.1 Å². The summed E-state index contributed by atoms with van der Waals surface area (Å²) in [6.45, 7) is 6.00. The third-order valence-electron chi connectivity index (χ3n) is 3.66. The highest BCUT2D eigenvalue weighted by atomic mass is 16.5. The summed E-state index contributed by atoms with van der Waals surface area (Å²) >= 11 is 0. The summed E-state index contributed by atoms with van der Waals surface area (Å²) in [7, 11) is 0. The van der Waals surface area contributed by atoms with Gasteiger partial charge in [0, 0.05) is 12.8 Å². The van der Waals surface area contributed by atoms with Crippen LogP contribution in [0.3, 0.4) is 0 Å². The van der Waals surface area contributed by atoms with Gasteiger partial charge in [0.05, 0.1) is 12.2 Å². The molecule has 0 radical (unpaired) electrons. The van der Waals surface area contributed by atoms with E-state index in [0.29, 0.717) is 29.2 Å². The first-order chi connectivity index (χ1) is 11.5. The van der Waals surface area contributed by atoms with Gasteiger partial charge in [0.2, 0.25) is 5.88 Å². The highest BCUT2D eigenvalue weighted by Crippen LogP contribution is 2.28. The van der Waals surface area contributed by atoms with E-state index in [0.717, 1.165) is 4.57 Å². The quantitative estimate of drug-likeness (QED) is 0.856. The summed E-state index contributed by atoms with van der Waals surface area (Å²) in [4.78, 5) is 16.5. The molecule has 0 aliphatic heterocycles. The molecular formula is C18H19N3O3. The van der Waals surface area contributed by atoms with Crippen molar-refractivity contribution in [2.75, 3.05) is 6.61 Å². The lowest BCUT2D eigenvalue weighted by Crippen LogP contribution is -2.24. The van der Waals surface area contributed by atoms with Crippen molar-refractivity contribution in [3.8, 4) is 17.7 Å². The zero-order valence-corrected chi connectivity index (χ0v) is 13.9. The molecular weight excluding hydrogens is 306 g/mol. The minimum absolute atomic E-state index is 0.00851. The van der Waals surface area contributed by atoms with Crippen LogP contribution in [-0.2, 0) is 6.54 Å². The third kappa shape index (κ3) is 3.15. The summed E-state index contributed by atoms with van der Waals surface area (Å²) in [6.07, 6.45) is 1.45. The highest BCUT2D eigenvalue weighted by molar-refractivity contribution is 5.87. The van der Waals surface area contributed by atoms with Gasteiger partial charge >= 0.3 is 0 Å². The molecule has 1 N–H and O–H groups in total. The standard InChI is InChI=1S/C18H19N3O3/c1-4-21-17(22)13(10-19)12(3)14(18(21)23)11-20-15-8-6-7-9-16(15)24-5-2/h6-9,11,23H,4-5H2,1-3H3. The van der Waals surface area contributed by atoms with E-state index < -0.39 is 5.56 Å². The van der Waals surface area contributed by atoms with Gasteiger partial charge < -0.3 is 9.84 Å². The summed E-state index contributed by atoms with van der Waals surface area (Å²) in [6, 6.07) is 9.17. The van der Waals surface area contributed by atoms with Gasteiger partial charge in [0.1, 0.15) is 23.1 Å². The first kappa shape index (κ1) is 17.3. The topological polar surface area (TPSA) is 87.6 Å². The minimum Gasteiger partial charge on any atom is -0.494 e. The van der Waals surface area contributed by atoms with Gasteiger partial charge in [0.25, 0.3) is 5.56 Å². The Labute approximate surface area is 140 Å². The molecule has 0 saturated carbocycles. The molecule has 124 valence electrons. The average Bonchev–Trinajstić information content (AvgIpc) is 2.57. The van der Waals surface area contributed by atoms with E-state index >= 15 is 0 Å². The molecule has 1 aromatic heterocycles. The maximum absolute atomic E-state index is 12.2. The van der Waals surface area contributed by atoms with Crippen LogP contribution in [0.5, 0.6) is 11.6 Å². The van der Waals surface area contributed by atoms with E-state index in [1.54, 1.807) is 26.0 Å². The number of pyridine rings is 1. The van der Waals surface area contributed by atoms with Crippen LogP contribution in [0, 0.1) is 18.3 Å². The maximum atomic E-state index is 12.2. The molecule has 0 fully saturated rings. The lowest BCUT2D eigenvalue weighted by Gasteiger charge is -2.12. The fourth-order valence-electron chi connectivity index (χ4n) is 2.39. The van der Waals surface area contributed by atoms with Crippen molar-refractivity contribution < 1.29 is 9.84 Å². The molecule has 1 aromatic carbocycles. The molecule has 0 saturated heterocycles. The average molecular weight is 325 g/mol. The first-order valence-corrected chi connectivity index (χ1v) is 7.67. The van der Waals surface area contributed by atoms with Crippen molar-refractivity contribution in [3.05, 3.63) is 51.3 Å². The van der Waals surface area contributed by atoms with E-state index in [-0.39, 0.29) is 18.0 Å². The largest absolute Gasteiger partial charge is 0.494 e. The predicted molar refractivity (Wildman–Crippen MR) is 92.4 cm³/mol. The zero-order chi connectivity index (χ0) is 17.7. The number of para-hydroxylation sites is 2. The lowest BCUT2D eigenvalue weighted by atomic mass is 10.1. The molecule has 2 aromatic rings. The fourth-order valence-corrected chi connectivity index (χ4v) is 2.39. The van der Waals surface area contributed by atoms with Crippen molar-refractivity contribution in [3.63, 3.8) is 0 Å². The highest BCUT2D eigenvalue weighted by Gasteiger charge is 2.17. The summed E-state index contributed by atoms with van der Waals surface area (Å²) in [5.74, 6) is 0.425. The van der Waals surface area contributed by atoms with Crippen molar-refractivity contribution in [1.82, 2.24) is 4.57 Å². The second kappa shape index (κ2) is 7.47. The Kier molecular flexibility index (Phi) is 5.38. The lowest BCUT2D eigenvalue weighted by molar-refractivity contribution is 0.341. The molecule has 0 aliphatic carbocycles. The van der Waals surface area contributed by atoms with Crippen LogP contribution in [0.1, 0.15) is 30.5 Å². The molecule has 0 bridgehead atoms. The van der Waals surface area contributed by atoms with Crippen LogP contribution in [0.2, 0.25) is 0 Å². The maximum Gasteiger partial charge on any atom is 0.271 e. The van der Waals surface area contributed by atoms with Crippen LogP contribution >= 0.6 is 0 Å². The normalized spacial score (nSPS) is 10.8. The van der Waals surface area contributed by atoms with Crippen molar-refractivity contribution in [1.29, 1.82) is 5.26 Å². The van der Waals surface area contributed by atoms with Gasteiger partial charge in [-0.25, -0.2) is 0 Å². The Morgan fingerprint density at radius 1 is 1.38 bits per heavy atom. The van der Waals surface area contributed by atoms with E-state index in [2.05, 4.69) is 4.99 Å². The Morgan fingerprint density at radius 2 is 2.08 bits per heavy atom. The van der Waals surface area contributed by atoms with Gasteiger partial charge in [0.15, 0.2) is 0 Å². The smallest absolute Gasteiger partial charge is 0.271 e. The van der Waals surface area contributed by atoms with Crippen molar-refractivity contribution in [2.24, 2.45) is 4.99 Å². The Balaban J connectivity index is 2.59. The summed E-state index contributed by atoms with van der Waals surface area (Å²) < 4.78 is 6.67. The number of ether oxygens (including phenoxy) is 1. The van der Waals surface area contributed by atoms with Crippen molar-refractivity contribution in [2.45, 2.75) is 27.3 Å². The van der Waals surface area contributed by atoms with E-state index in [1.807, 2.05) is 25.1 Å². The number of hydrogen-bond donors (Lipinski definition) is 1. The summed E-state index contributed by atoms with van der Waals surface area (Å²) in [5.41, 5.74) is 0.864. The molecule has 0 aliphatic rings.